The van der Waals surface area contributed by atoms with E-state index in [4.69, 9.17) is 0 Å². The molecule has 1 N–H and O–H groups in total. The molecule has 1 unspecified atom stereocenters. The molecule has 0 fully saturated rings. The maximum absolute atomic E-state index is 11.3. The van der Waals surface area contributed by atoms with Gasteiger partial charge in [-0.3, -0.25) is 0 Å². The van der Waals surface area contributed by atoms with Gasteiger partial charge in [0.05, 0.1) is 0 Å². The van der Waals surface area contributed by atoms with Gasteiger partial charge < -0.3 is 5.11 Å². The Balaban J connectivity index is 2.10. The molecular weight excluding hydrogens is 300 g/mol. The molecule has 0 amide bonds. The van der Waals surface area contributed by atoms with Crippen LogP contribution in [0.25, 0.3) is 0 Å². The molecule has 1 aliphatic heterocycles. The second-order valence-electron chi connectivity index (χ2n) is 4.80. The van der Waals surface area contributed by atoms with E-state index in [2.05, 4.69) is 22.6 Å². The number of aliphatic hydroxyl groups is 1. The zero-order chi connectivity index (χ0) is 14.7. The molecule has 0 aliphatic carbocycles. The van der Waals surface area contributed by atoms with Gasteiger partial charge in [-0.25, -0.2) is 9.97 Å². The topological polar surface area (TPSA) is 46.0 Å². The summed E-state index contributed by atoms with van der Waals surface area (Å²) in [6.07, 6.45) is 5.78. The van der Waals surface area contributed by atoms with E-state index >= 15 is 0 Å². The fourth-order valence-electron chi connectivity index (χ4n) is 2.51. The van der Waals surface area contributed by atoms with Crippen LogP contribution in [0.15, 0.2) is 59.4 Å². The van der Waals surface area contributed by atoms with Crippen LogP contribution < -0.4 is 0 Å². The van der Waals surface area contributed by atoms with Gasteiger partial charge in [-0.05, 0) is 12.5 Å². The Bertz CT molecular complexity index is 662. The van der Waals surface area contributed by atoms with Gasteiger partial charge in [-0.1, -0.05) is 24.3 Å². The maximum Gasteiger partial charge on any atom is 0.121 e. The molecule has 2 aromatic rings. The van der Waals surface area contributed by atoms with E-state index in [1.807, 2.05) is 24.3 Å². The summed E-state index contributed by atoms with van der Waals surface area (Å²) in [5, 5.41) is 12.2. The number of hydrogen-bond acceptors (Lipinski definition) is 5. The monoisotopic (exact) mass is 316 g/mol. The molecular formula is C16H16N2OS2. The van der Waals surface area contributed by atoms with E-state index in [9.17, 15) is 5.11 Å². The van der Waals surface area contributed by atoms with Crippen molar-refractivity contribution in [3.8, 4) is 0 Å². The van der Waals surface area contributed by atoms with Crippen LogP contribution in [0.1, 0.15) is 17.5 Å². The van der Waals surface area contributed by atoms with Crippen molar-refractivity contribution < 1.29 is 5.11 Å². The highest BCUT2D eigenvalue weighted by Crippen LogP contribution is 2.45. The number of nitrogens with zero attached hydrogens (tertiary/aromatic N) is 2. The van der Waals surface area contributed by atoms with Crippen LogP contribution in [-0.2, 0) is 5.60 Å². The highest BCUT2D eigenvalue weighted by Gasteiger charge is 2.38. The minimum absolute atomic E-state index is 0.670. The fourth-order valence-corrected chi connectivity index (χ4v) is 4.47. The van der Waals surface area contributed by atoms with Crippen molar-refractivity contribution in [3.63, 3.8) is 0 Å². The molecule has 1 aromatic carbocycles. The minimum Gasteiger partial charge on any atom is -0.380 e. The standard InChI is InChI=1S/C16H16N2OS2/c1-2-8-21-15-13(10-17-11-18-15)16(19)7-9-20-14-6-4-3-5-12(14)16/h2-6,10-11,19H,1,7-9H2. The molecule has 108 valence electrons. The summed E-state index contributed by atoms with van der Waals surface area (Å²) in [6.45, 7) is 3.74. The number of hydrogen-bond donors (Lipinski definition) is 1. The second kappa shape index (κ2) is 6.22. The summed E-state index contributed by atoms with van der Waals surface area (Å²) < 4.78 is 0. The summed E-state index contributed by atoms with van der Waals surface area (Å²) in [5.74, 6) is 1.64. The Morgan fingerprint density at radius 3 is 3.10 bits per heavy atom. The summed E-state index contributed by atoms with van der Waals surface area (Å²) in [7, 11) is 0. The lowest BCUT2D eigenvalue weighted by atomic mass is 9.85. The van der Waals surface area contributed by atoms with E-state index in [0.29, 0.717) is 6.42 Å². The molecule has 0 radical (unpaired) electrons. The van der Waals surface area contributed by atoms with Crippen molar-refractivity contribution in [3.05, 3.63) is 60.6 Å². The van der Waals surface area contributed by atoms with Gasteiger partial charge in [0.1, 0.15) is 17.0 Å². The first kappa shape index (κ1) is 14.6. The number of thioether (sulfide) groups is 2. The van der Waals surface area contributed by atoms with Crippen LogP contribution in [0.4, 0.5) is 0 Å². The average molecular weight is 316 g/mol. The molecule has 0 saturated carbocycles. The quantitative estimate of drug-likeness (QED) is 0.531. The Morgan fingerprint density at radius 2 is 2.24 bits per heavy atom. The van der Waals surface area contributed by atoms with Crippen molar-refractivity contribution in [1.82, 2.24) is 9.97 Å². The van der Waals surface area contributed by atoms with E-state index in [1.54, 1.807) is 29.7 Å². The fraction of sp³-hybridized carbons (Fsp3) is 0.250. The lowest BCUT2D eigenvalue weighted by molar-refractivity contribution is 0.0692. The molecule has 1 atom stereocenters. The minimum atomic E-state index is -1.01. The van der Waals surface area contributed by atoms with Crippen LogP contribution in [0.5, 0.6) is 0 Å². The molecule has 5 heteroatoms. The molecule has 3 nitrogen and oxygen atoms in total. The Morgan fingerprint density at radius 1 is 1.38 bits per heavy atom. The molecule has 0 bridgehead atoms. The van der Waals surface area contributed by atoms with Gasteiger partial charge in [-0.2, -0.15) is 0 Å². The first-order valence-corrected chi connectivity index (χ1v) is 8.71. The summed E-state index contributed by atoms with van der Waals surface area (Å²) in [4.78, 5) is 9.61. The third-order valence-electron chi connectivity index (χ3n) is 3.51. The summed E-state index contributed by atoms with van der Waals surface area (Å²) in [6, 6.07) is 8.03. The molecule has 2 heterocycles. The first-order valence-electron chi connectivity index (χ1n) is 6.74. The molecule has 3 rings (SSSR count). The lowest BCUT2D eigenvalue weighted by Crippen LogP contribution is -2.32. The number of rotatable bonds is 4. The van der Waals surface area contributed by atoms with Crippen LogP contribution in [0.2, 0.25) is 0 Å². The smallest absolute Gasteiger partial charge is 0.121 e. The van der Waals surface area contributed by atoms with E-state index < -0.39 is 5.60 Å². The molecule has 1 aromatic heterocycles. The molecule has 0 spiro atoms. The lowest BCUT2D eigenvalue weighted by Gasteiger charge is -2.34. The maximum atomic E-state index is 11.3. The Labute approximate surface area is 132 Å². The largest absolute Gasteiger partial charge is 0.380 e. The van der Waals surface area contributed by atoms with Crippen molar-refractivity contribution in [2.45, 2.75) is 21.9 Å². The van der Waals surface area contributed by atoms with Gasteiger partial charge in [0.2, 0.25) is 0 Å². The highest BCUT2D eigenvalue weighted by molar-refractivity contribution is 7.99. The average Bonchev–Trinajstić information content (AvgIpc) is 2.54. The predicted octanol–water partition coefficient (Wildman–Crippen LogP) is 3.49. The van der Waals surface area contributed by atoms with Gasteiger partial charge in [-0.15, -0.1) is 30.1 Å². The third kappa shape index (κ3) is 2.73. The van der Waals surface area contributed by atoms with E-state index in [0.717, 1.165) is 32.6 Å². The van der Waals surface area contributed by atoms with Crippen LogP contribution >= 0.6 is 23.5 Å². The number of benzene rings is 1. The van der Waals surface area contributed by atoms with Gasteiger partial charge in [0, 0.05) is 33.7 Å². The van der Waals surface area contributed by atoms with Crippen LogP contribution in [0, 0.1) is 0 Å². The normalized spacial score (nSPS) is 20.8. The summed E-state index contributed by atoms with van der Waals surface area (Å²) in [5.41, 5.74) is 0.744. The van der Waals surface area contributed by atoms with Gasteiger partial charge in [0.25, 0.3) is 0 Å². The molecule has 21 heavy (non-hydrogen) atoms. The zero-order valence-electron chi connectivity index (χ0n) is 11.5. The Hall–Kier alpha value is -1.30. The third-order valence-corrected chi connectivity index (χ3v) is 5.59. The van der Waals surface area contributed by atoms with Gasteiger partial charge >= 0.3 is 0 Å². The SMILES string of the molecule is C=CCSc1ncncc1C1(O)CCSc2ccccc21. The molecule has 1 aliphatic rings. The summed E-state index contributed by atoms with van der Waals surface area (Å²) >= 11 is 3.36. The highest BCUT2D eigenvalue weighted by atomic mass is 32.2. The predicted molar refractivity (Wildman–Crippen MR) is 87.7 cm³/mol. The van der Waals surface area contributed by atoms with Crippen molar-refractivity contribution >= 4 is 23.5 Å². The Kier molecular flexibility index (Phi) is 4.33. The second-order valence-corrected chi connectivity index (χ2v) is 6.94. The van der Waals surface area contributed by atoms with Crippen molar-refractivity contribution in [2.75, 3.05) is 11.5 Å². The number of fused-ring (bicyclic) bond motifs is 1. The van der Waals surface area contributed by atoms with Crippen molar-refractivity contribution in [1.29, 1.82) is 0 Å². The van der Waals surface area contributed by atoms with Crippen molar-refractivity contribution in [2.24, 2.45) is 0 Å². The van der Waals surface area contributed by atoms with E-state index in [-0.39, 0.29) is 0 Å². The van der Waals surface area contributed by atoms with E-state index in [1.165, 1.54) is 6.33 Å². The van der Waals surface area contributed by atoms with Crippen LogP contribution in [-0.4, -0.2) is 26.6 Å². The number of aromatic nitrogens is 2. The molecule has 0 saturated heterocycles. The first-order chi connectivity index (χ1) is 10.3. The van der Waals surface area contributed by atoms with Crippen LogP contribution in [0.3, 0.4) is 0 Å². The zero-order valence-corrected chi connectivity index (χ0v) is 13.2. The van der Waals surface area contributed by atoms with Gasteiger partial charge in [0.15, 0.2) is 0 Å².